The lowest BCUT2D eigenvalue weighted by atomic mass is 9.82. The van der Waals surface area contributed by atoms with E-state index in [9.17, 15) is 0 Å². The quantitative estimate of drug-likeness (QED) is 0.254. The van der Waals surface area contributed by atoms with E-state index in [1.165, 1.54) is 27.8 Å². The van der Waals surface area contributed by atoms with Crippen LogP contribution in [0.3, 0.4) is 0 Å². The summed E-state index contributed by atoms with van der Waals surface area (Å²) in [6.07, 6.45) is 1.90. The van der Waals surface area contributed by atoms with Gasteiger partial charge in [-0.3, -0.25) is 4.90 Å². The number of ether oxygens (including phenoxy) is 4. The molecule has 0 saturated carbocycles. The van der Waals surface area contributed by atoms with Crippen molar-refractivity contribution >= 4 is 0 Å². The second-order valence-corrected chi connectivity index (χ2v) is 10.4. The lowest BCUT2D eigenvalue weighted by Gasteiger charge is -2.42. The Bertz CT molecular complexity index is 1450. The molecule has 4 aromatic rings. The van der Waals surface area contributed by atoms with Gasteiger partial charge in [-0.2, -0.15) is 0 Å². The molecule has 0 bridgehead atoms. The third-order valence-electron chi connectivity index (χ3n) is 8.02. The molecule has 0 amide bonds. The molecular weight excluding hydrogens is 486 g/mol. The second kappa shape index (κ2) is 11.0. The van der Waals surface area contributed by atoms with Gasteiger partial charge in [0.15, 0.2) is 23.0 Å². The second-order valence-electron chi connectivity index (χ2n) is 10.4. The van der Waals surface area contributed by atoms with Gasteiger partial charge < -0.3 is 18.9 Å². The number of methoxy groups -OCH3 is 2. The summed E-state index contributed by atoms with van der Waals surface area (Å²) >= 11 is 0. The molecule has 0 spiro atoms. The minimum Gasteiger partial charge on any atom is -0.493 e. The largest absolute Gasteiger partial charge is 0.493 e. The summed E-state index contributed by atoms with van der Waals surface area (Å²) in [5.74, 6) is 3.27. The third-order valence-corrected chi connectivity index (χ3v) is 8.02. The van der Waals surface area contributed by atoms with Crippen molar-refractivity contribution in [3.8, 4) is 23.0 Å². The maximum Gasteiger partial charge on any atom is 0.165 e. The predicted octanol–water partition coefficient (Wildman–Crippen LogP) is 6.83. The Hall–Kier alpha value is -3.96. The maximum atomic E-state index is 6.29. The molecule has 0 fully saturated rings. The maximum absolute atomic E-state index is 6.29. The van der Waals surface area contributed by atoms with E-state index < -0.39 is 0 Å². The first-order chi connectivity index (χ1) is 19.1. The smallest absolute Gasteiger partial charge is 0.165 e. The summed E-state index contributed by atoms with van der Waals surface area (Å²) < 4.78 is 24.3. The van der Waals surface area contributed by atoms with E-state index in [1.54, 1.807) is 14.2 Å². The van der Waals surface area contributed by atoms with Gasteiger partial charge in [-0.15, -0.1) is 0 Å². The van der Waals surface area contributed by atoms with Gasteiger partial charge in [-0.05, 0) is 71.3 Å². The fourth-order valence-corrected chi connectivity index (χ4v) is 5.98. The fraction of sp³-hybridized carbons (Fsp3) is 0.294. The van der Waals surface area contributed by atoms with Crippen LogP contribution in [0.25, 0.3) is 0 Å². The Kier molecular flexibility index (Phi) is 7.16. The number of hydrogen-bond acceptors (Lipinski definition) is 5. The number of aryl methyl sites for hydroxylation is 1. The number of rotatable bonds is 8. The monoisotopic (exact) mass is 521 g/mol. The van der Waals surface area contributed by atoms with Crippen LogP contribution in [0.15, 0.2) is 78.9 Å². The zero-order valence-corrected chi connectivity index (χ0v) is 22.9. The zero-order chi connectivity index (χ0) is 26.8. The predicted molar refractivity (Wildman–Crippen MR) is 153 cm³/mol. The van der Waals surface area contributed by atoms with Crippen LogP contribution in [0, 0.1) is 6.92 Å². The average molecular weight is 522 g/mol. The Labute approximate surface area is 230 Å². The number of benzene rings is 4. The van der Waals surface area contributed by atoms with Crippen molar-refractivity contribution in [2.75, 3.05) is 20.8 Å². The van der Waals surface area contributed by atoms with Crippen LogP contribution in [0.1, 0.15) is 45.0 Å². The van der Waals surface area contributed by atoms with Crippen molar-refractivity contribution in [1.82, 2.24) is 4.90 Å². The van der Waals surface area contributed by atoms with E-state index in [4.69, 9.17) is 18.9 Å². The Morgan fingerprint density at radius 1 is 0.744 bits per heavy atom. The molecule has 1 unspecified atom stereocenters. The minimum absolute atomic E-state index is 0.283. The summed E-state index contributed by atoms with van der Waals surface area (Å²) in [6, 6.07) is 27.3. The molecule has 6 rings (SSSR count). The van der Waals surface area contributed by atoms with Gasteiger partial charge >= 0.3 is 0 Å². The van der Waals surface area contributed by atoms with Gasteiger partial charge in [0.2, 0.25) is 0 Å². The molecule has 0 aromatic heterocycles. The molecule has 2 heterocycles. The highest BCUT2D eigenvalue weighted by Gasteiger charge is 2.36. The first-order valence-corrected chi connectivity index (χ1v) is 13.6. The number of nitrogens with zero attached hydrogens (tertiary/aromatic N) is 1. The van der Waals surface area contributed by atoms with E-state index in [0.717, 1.165) is 60.1 Å². The van der Waals surface area contributed by atoms with Crippen LogP contribution in [0.2, 0.25) is 0 Å². The van der Waals surface area contributed by atoms with E-state index in [-0.39, 0.29) is 6.04 Å². The highest BCUT2D eigenvalue weighted by Crippen LogP contribution is 2.47. The molecule has 5 nitrogen and oxygen atoms in total. The third kappa shape index (κ3) is 5.07. The van der Waals surface area contributed by atoms with Crippen LogP contribution < -0.4 is 18.9 Å². The minimum atomic E-state index is 0.283. The molecule has 4 aromatic carbocycles. The van der Waals surface area contributed by atoms with Crippen molar-refractivity contribution in [3.05, 3.63) is 118 Å². The topological polar surface area (TPSA) is 40.2 Å². The van der Waals surface area contributed by atoms with Crippen LogP contribution in [0.4, 0.5) is 0 Å². The first kappa shape index (κ1) is 25.3. The van der Waals surface area contributed by atoms with Gasteiger partial charge in [0.05, 0.1) is 14.2 Å². The van der Waals surface area contributed by atoms with Crippen molar-refractivity contribution in [1.29, 1.82) is 0 Å². The van der Waals surface area contributed by atoms with Gasteiger partial charge in [0, 0.05) is 24.7 Å². The highest BCUT2D eigenvalue weighted by molar-refractivity contribution is 5.57. The summed E-state index contributed by atoms with van der Waals surface area (Å²) in [5.41, 5.74) is 8.80. The van der Waals surface area contributed by atoms with Crippen LogP contribution in [-0.4, -0.2) is 25.7 Å². The van der Waals surface area contributed by atoms with E-state index in [0.29, 0.717) is 13.2 Å². The average Bonchev–Trinajstić information content (AvgIpc) is 2.98. The molecule has 2 aliphatic heterocycles. The van der Waals surface area contributed by atoms with Crippen molar-refractivity contribution in [2.24, 2.45) is 0 Å². The van der Waals surface area contributed by atoms with Gasteiger partial charge in [0.25, 0.3) is 0 Å². The highest BCUT2D eigenvalue weighted by atomic mass is 16.5. The van der Waals surface area contributed by atoms with Crippen LogP contribution in [-0.2, 0) is 32.6 Å². The normalized spacial score (nSPS) is 16.0. The summed E-state index contributed by atoms with van der Waals surface area (Å²) in [7, 11) is 3.47. The summed E-state index contributed by atoms with van der Waals surface area (Å²) in [6.45, 7) is 5.04. The molecule has 5 heteroatoms. The van der Waals surface area contributed by atoms with E-state index in [2.05, 4.69) is 54.3 Å². The summed E-state index contributed by atoms with van der Waals surface area (Å²) in [4.78, 5) is 2.57. The fourth-order valence-electron chi connectivity index (χ4n) is 5.98. The van der Waals surface area contributed by atoms with Gasteiger partial charge in [0.1, 0.15) is 13.2 Å². The van der Waals surface area contributed by atoms with E-state index >= 15 is 0 Å². The van der Waals surface area contributed by atoms with Gasteiger partial charge in [-0.25, -0.2) is 0 Å². The molecule has 0 radical (unpaired) electrons. The molecule has 0 aliphatic carbocycles. The Morgan fingerprint density at radius 2 is 1.41 bits per heavy atom. The van der Waals surface area contributed by atoms with Crippen LogP contribution >= 0.6 is 0 Å². The number of fused-ring (bicyclic) bond motifs is 4. The van der Waals surface area contributed by atoms with Crippen molar-refractivity contribution < 1.29 is 18.9 Å². The molecule has 0 N–H and O–H groups in total. The Balaban J connectivity index is 1.29. The molecule has 39 heavy (non-hydrogen) atoms. The lowest BCUT2D eigenvalue weighted by Crippen LogP contribution is -2.39. The molecule has 200 valence electrons. The van der Waals surface area contributed by atoms with Crippen LogP contribution in [0.5, 0.6) is 23.0 Å². The zero-order valence-electron chi connectivity index (χ0n) is 22.9. The van der Waals surface area contributed by atoms with Crippen molar-refractivity contribution in [2.45, 2.75) is 45.6 Å². The Morgan fingerprint density at radius 3 is 2.05 bits per heavy atom. The first-order valence-electron chi connectivity index (χ1n) is 13.6. The molecule has 1 atom stereocenters. The lowest BCUT2D eigenvalue weighted by molar-refractivity contribution is 0.156. The number of hydrogen-bond donors (Lipinski definition) is 0. The van der Waals surface area contributed by atoms with Crippen molar-refractivity contribution in [3.63, 3.8) is 0 Å². The van der Waals surface area contributed by atoms with E-state index in [1.807, 2.05) is 36.4 Å². The van der Waals surface area contributed by atoms with Gasteiger partial charge in [-0.1, -0.05) is 60.7 Å². The molecular formula is C34H35NO4. The summed E-state index contributed by atoms with van der Waals surface area (Å²) in [5, 5.41) is 0. The standard InChI is InChI=1S/C34H35NO4/c1-23-16-33(39-22-25-12-8-5-9-13-25)34(37-3)29-20-35-15-14-26-17-31(36-2)32(19-28(26)30(35)18-27(23)29)38-21-24-10-6-4-7-11-24/h4-13,16-17,19,30H,14-15,18,20-22H2,1-3H3. The molecule has 2 aliphatic rings. The SMILES string of the molecule is COc1cc2c(cc1OCc1ccccc1)C1Cc3c(C)cc(OCc4ccccc4)c(OC)c3CN1CC2. The molecule has 0 saturated heterocycles.